The molecule has 0 aliphatic rings. The predicted molar refractivity (Wildman–Crippen MR) is 200 cm³/mol. The zero-order chi connectivity index (χ0) is 34.3. The van der Waals surface area contributed by atoms with Crippen molar-refractivity contribution >= 4 is 11.9 Å². The summed E-state index contributed by atoms with van der Waals surface area (Å²) < 4.78 is 10.6. The Balaban J connectivity index is 3.66. The highest BCUT2D eigenvalue weighted by molar-refractivity contribution is 5.70. The van der Waals surface area contributed by atoms with Crippen LogP contribution >= 0.6 is 0 Å². The summed E-state index contributed by atoms with van der Waals surface area (Å²) in [4.78, 5) is 24.2. The number of rotatable bonds is 34. The first-order valence-electron chi connectivity index (χ1n) is 19.3. The molecule has 0 amide bonds. The third-order valence-corrected chi connectivity index (χ3v) is 8.08. The topological polar surface area (TPSA) is 72.8 Å². The Kier molecular flexibility index (Phi) is 36.1. The Morgan fingerprint density at radius 3 is 1.36 bits per heavy atom. The first-order valence-corrected chi connectivity index (χ1v) is 19.3. The summed E-state index contributed by atoms with van der Waals surface area (Å²) in [5.74, 6) is -0.659. The number of hydrogen-bond donors (Lipinski definition) is 1. The highest BCUT2D eigenvalue weighted by Crippen LogP contribution is 2.14. The second-order valence-electron chi connectivity index (χ2n) is 12.6. The summed E-state index contributed by atoms with van der Waals surface area (Å²) in [5, 5.41) is 9.54. The van der Waals surface area contributed by atoms with Gasteiger partial charge in [0.1, 0.15) is 6.61 Å². The van der Waals surface area contributed by atoms with Gasteiger partial charge in [0.25, 0.3) is 0 Å². The molecule has 0 radical (unpaired) electrons. The van der Waals surface area contributed by atoms with Crippen LogP contribution < -0.4 is 0 Å². The van der Waals surface area contributed by atoms with Crippen molar-refractivity contribution in [1.29, 1.82) is 0 Å². The molecule has 5 heteroatoms. The molecule has 1 atom stereocenters. The maximum absolute atomic E-state index is 12.1. The normalized spacial score (nSPS) is 12.8. The van der Waals surface area contributed by atoms with E-state index in [1.807, 2.05) is 0 Å². The molecule has 47 heavy (non-hydrogen) atoms. The van der Waals surface area contributed by atoms with Crippen molar-refractivity contribution in [2.75, 3.05) is 13.2 Å². The molecule has 0 heterocycles. The molecule has 0 saturated carbocycles. The minimum Gasteiger partial charge on any atom is -0.462 e. The molecule has 0 fully saturated rings. The van der Waals surface area contributed by atoms with Crippen LogP contribution in [0.5, 0.6) is 0 Å². The average molecular weight is 657 g/mol. The lowest BCUT2D eigenvalue weighted by molar-refractivity contribution is -0.161. The van der Waals surface area contributed by atoms with Crippen molar-refractivity contribution in [3.63, 3.8) is 0 Å². The van der Waals surface area contributed by atoms with E-state index >= 15 is 0 Å². The van der Waals surface area contributed by atoms with E-state index in [-0.39, 0.29) is 31.6 Å². The Morgan fingerprint density at radius 1 is 0.511 bits per heavy atom. The number of aliphatic hydroxyl groups is 1. The number of allylic oxidation sites excluding steroid dienone is 10. The number of esters is 2. The van der Waals surface area contributed by atoms with Crippen LogP contribution in [0.15, 0.2) is 60.8 Å². The van der Waals surface area contributed by atoms with Gasteiger partial charge in [0, 0.05) is 12.8 Å². The van der Waals surface area contributed by atoms with Crippen LogP contribution in [0.1, 0.15) is 174 Å². The molecule has 270 valence electrons. The lowest BCUT2D eigenvalue weighted by Crippen LogP contribution is -2.28. The van der Waals surface area contributed by atoms with Crippen molar-refractivity contribution in [2.24, 2.45) is 0 Å². The quantitative estimate of drug-likeness (QED) is 0.0424. The molecule has 0 saturated heterocycles. The van der Waals surface area contributed by atoms with Gasteiger partial charge in [-0.1, -0.05) is 171 Å². The molecule has 5 nitrogen and oxygen atoms in total. The van der Waals surface area contributed by atoms with E-state index in [1.54, 1.807) is 0 Å². The van der Waals surface area contributed by atoms with E-state index in [4.69, 9.17) is 9.47 Å². The number of hydrogen-bond acceptors (Lipinski definition) is 5. The zero-order valence-electron chi connectivity index (χ0n) is 30.5. The molecular formula is C42H72O5. The second kappa shape index (κ2) is 38.1. The molecule has 0 rings (SSSR count). The first-order chi connectivity index (χ1) is 23.1. The Hall–Kier alpha value is -2.40. The van der Waals surface area contributed by atoms with Crippen molar-refractivity contribution in [3.05, 3.63) is 60.8 Å². The Bertz CT molecular complexity index is 838. The maximum atomic E-state index is 12.1. The van der Waals surface area contributed by atoms with Crippen LogP contribution in [0.4, 0.5) is 0 Å². The molecule has 0 unspecified atom stereocenters. The van der Waals surface area contributed by atoms with Crippen LogP contribution in [0, 0.1) is 0 Å². The highest BCUT2D eigenvalue weighted by atomic mass is 16.6. The molecule has 0 aromatic carbocycles. The van der Waals surface area contributed by atoms with Crippen LogP contribution in [-0.2, 0) is 19.1 Å². The van der Waals surface area contributed by atoms with Gasteiger partial charge in [-0.3, -0.25) is 9.59 Å². The fourth-order valence-electron chi connectivity index (χ4n) is 5.18. The standard InChI is InChI=1S/C42H72O5/c1-3-5-7-9-11-13-15-17-19-21-23-25-27-29-31-33-35-37-42(45)47-40(38-43)39-46-41(44)36-34-32-30-28-26-24-22-20-18-16-14-12-10-8-6-4-2/h5,7,11,13,17,19,23,25,29,31,40,43H,3-4,6,8-10,12,14-16,18,20-22,24,26-28,30,32-39H2,1-2H3/b7-5+,13-11+,19-17+,25-23+,31-29+/t40-/m0/s1. The molecule has 0 aromatic heterocycles. The number of aliphatic hydroxyl groups excluding tert-OH is 1. The minimum atomic E-state index is -0.800. The van der Waals surface area contributed by atoms with Gasteiger partial charge in [-0.25, -0.2) is 0 Å². The summed E-state index contributed by atoms with van der Waals surface area (Å²) in [5.41, 5.74) is 0. The van der Waals surface area contributed by atoms with Crippen LogP contribution in [0.3, 0.4) is 0 Å². The van der Waals surface area contributed by atoms with Gasteiger partial charge < -0.3 is 14.6 Å². The lowest BCUT2D eigenvalue weighted by atomic mass is 10.0. The number of unbranched alkanes of at least 4 members (excludes halogenated alkanes) is 16. The molecular weight excluding hydrogens is 584 g/mol. The summed E-state index contributed by atoms with van der Waals surface area (Å²) in [6, 6.07) is 0. The van der Waals surface area contributed by atoms with Gasteiger partial charge >= 0.3 is 11.9 Å². The fraction of sp³-hybridized carbons (Fsp3) is 0.714. The maximum Gasteiger partial charge on any atom is 0.306 e. The minimum absolute atomic E-state index is 0.0886. The van der Waals surface area contributed by atoms with Crippen LogP contribution in [0.25, 0.3) is 0 Å². The molecule has 0 spiro atoms. The summed E-state index contributed by atoms with van der Waals surface area (Å²) in [7, 11) is 0. The van der Waals surface area contributed by atoms with Crippen molar-refractivity contribution < 1.29 is 24.2 Å². The van der Waals surface area contributed by atoms with Gasteiger partial charge in [0.15, 0.2) is 6.10 Å². The van der Waals surface area contributed by atoms with Gasteiger partial charge in [0.05, 0.1) is 6.61 Å². The molecule has 0 aromatic rings. The monoisotopic (exact) mass is 657 g/mol. The van der Waals surface area contributed by atoms with Gasteiger partial charge in [-0.05, 0) is 51.4 Å². The van der Waals surface area contributed by atoms with E-state index in [0.717, 1.165) is 57.8 Å². The average Bonchev–Trinajstić information content (AvgIpc) is 3.07. The predicted octanol–water partition coefficient (Wildman–Crippen LogP) is 12.0. The van der Waals surface area contributed by atoms with Gasteiger partial charge in [-0.2, -0.15) is 0 Å². The Labute approximate surface area is 290 Å². The van der Waals surface area contributed by atoms with Crippen molar-refractivity contribution in [3.8, 4) is 0 Å². The Morgan fingerprint density at radius 2 is 0.915 bits per heavy atom. The van der Waals surface area contributed by atoms with E-state index < -0.39 is 6.10 Å². The SMILES string of the molecule is CC/C=C/C/C=C/C/C=C/C/C=C/C/C=C/CCCC(=O)O[C@@H](CO)COC(=O)CCCCCCCCCCCCCCCCCC. The summed E-state index contributed by atoms with van der Waals surface area (Å²) in [6.07, 6.45) is 48.5. The number of carbonyl (C=O) groups is 2. The van der Waals surface area contributed by atoms with Crippen molar-refractivity contribution in [1.82, 2.24) is 0 Å². The van der Waals surface area contributed by atoms with Gasteiger partial charge in [-0.15, -0.1) is 0 Å². The fourth-order valence-corrected chi connectivity index (χ4v) is 5.18. The van der Waals surface area contributed by atoms with Crippen LogP contribution in [-0.4, -0.2) is 36.4 Å². The third-order valence-electron chi connectivity index (χ3n) is 8.08. The zero-order valence-corrected chi connectivity index (χ0v) is 30.5. The van der Waals surface area contributed by atoms with Gasteiger partial charge in [0.2, 0.25) is 0 Å². The smallest absolute Gasteiger partial charge is 0.306 e. The van der Waals surface area contributed by atoms with E-state index in [2.05, 4.69) is 74.6 Å². The van der Waals surface area contributed by atoms with E-state index in [1.165, 1.54) is 83.5 Å². The summed E-state index contributed by atoms with van der Waals surface area (Å²) >= 11 is 0. The highest BCUT2D eigenvalue weighted by Gasteiger charge is 2.15. The first kappa shape index (κ1) is 44.6. The largest absolute Gasteiger partial charge is 0.462 e. The molecule has 0 aliphatic heterocycles. The molecule has 1 N–H and O–H groups in total. The van der Waals surface area contributed by atoms with E-state index in [0.29, 0.717) is 12.8 Å². The number of carbonyl (C=O) groups excluding carboxylic acids is 2. The van der Waals surface area contributed by atoms with Crippen LogP contribution in [0.2, 0.25) is 0 Å². The molecule has 0 aliphatic carbocycles. The number of ether oxygens (including phenoxy) is 2. The third kappa shape index (κ3) is 36.3. The lowest BCUT2D eigenvalue weighted by Gasteiger charge is -2.15. The second-order valence-corrected chi connectivity index (χ2v) is 12.6. The van der Waals surface area contributed by atoms with Crippen molar-refractivity contribution in [2.45, 2.75) is 180 Å². The molecule has 0 bridgehead atoms. The summed E-state index contributed by atoms with van der Waals surface area (Å²) in [6.45, 7) is 3.97. The van der Waals surface area contributed by atoms with E-state index in [9.17, 15) is 14.7 Å².